The van der Waals surface area contributed by atoms with Crippen LogP contribution in [0.4, 0.5) is 5.82 Å². The average Bonchev–Trinajstić information content (AvgIpc) is 3.11. The minimum Gasteiger partial charge on any atom is -0.362 e. The molecule has 0 bridgehead atoms. The number of thioether (sulfide) groups is 1. The van der Waals surface area contributed by atoms with Gasteiger partial charge >= 0.3 is 0 Å². The molecule has 30 heavy (non-hydrogen) atoms. The van der Waals surface area contributed by atoms with E-state index in [0.29, 0.717) is 23.9 Å². The van der Waals surface area contributed by atoms with Crippen molar-refractivity contribution in [2.24, 2.45) is 0 Å². The summed E-state index contributed by atoms with van der Waals surface area (Å²) in [6, 6.07) is 3.82. The minimum atomic E-state index is -0.0522. The second kappa shape index (κ2) is 9.18. The lowest BCUT2D eigenvalue weighted by Crippen LogP contribution is -2.26. The lowest BCUT2D eigenvalue weighted by molar-refractivity contribution is -0.118. The van der Waals surface area contributed by atoms with Gasteiger partial charge in [0.15, 0.2) is 0 Å². The zero-order chi connectivity index (χ0) is 21.1. The fraction of sp³-hybridized carbons (Fsp3) is 0.429. The van der Waals surface area contributed by atoms with Gasteiger partial charge in [-0.05, 0) is 37.3 Å². The molecule has 2 N–H and O–H groups in total. The number of amides is 1. The molecule has 0 unspecified atom stereocenters. The highest BCUT2D eigenvalue weighted by Gasteiger charge is 2.19. The Kier molecular flexibility index (Phi) is 6.38. The van der Waals surface area contributed by atoms with E-state index in [1.807, 2.05) is 31.1 Å². The summed E-state index contributed by atoms with van der Waals surface area (Å²) in [4.78, 5) is 40.8. The molecule has 3 aromatic rings. The van der Waals surface area contributed by atoms with Crippen LogP contribution in [0.1, 0.15) is 34.7 Å². The predicted octanol–water partition coefficient (Wildman–Crippen LogP) is 2.87. The Morgan fingerprint density at radius 2 is 2.17 bits per heavy atom. The molecule has 158 valence electrons. The molecule has 4 rings (SSSR count). The van der Waals surface area contributed by atoms with Gasteiger partial charge in [0.1, 0.15) is 16.5 Å². The van der Waals surface area contributed by atoms with Crippen LogP contribution in [0, 0.1) is 0 Å². The second-order valence-electron chi connectivity index (χ2n) is 7.55. The summed E-state index contributed by atoms with van der Waals surface area (Å²) in [5.74, 6) is 2.23. The summed E-state index contributed by atoms with van der Waals surface area (Å²) in [7, 11) is 3.86. The number of anilines is 1. The number of hydrogen-bond donors (Lipinski definition) is 2. The average molecular weight is 444 g/mol. The van der Waals surface area contributed by atoms with Crippen LogP contribution < -0.4 is 15.8 Å². The molecule has 0 saturated carbocycles. The summed E-state index contributed by atoms with van der Waals surface area (Å²) in [5.41, 5.74) is 2.12. The molecule has 3 aromatic heterocycles. The molecule has 1 amide bonds. The third-order valence-electron chi connectivity index (χ3n) is 5.11. The van der Waals surface area contributed by atoms with Crippen LogP contribution in [0.15, 0.2) is 23.1 Å². The molecule has 0 fully saturated rings. The van der Waals surface area contributed by atoms with Gasteiger partial charge in [0, 0.05) is 37.3 Å². The fourth-order valence-electron chi connectivity index (χ4n) is 3.73. The maximum absolute atomic E-state index is 12.6. The monoisotopic (exact) mass is 443 g/mol. The number of aromatic amines is 1. The summed E-state index contributed by atoms with van der Waals surface area (Å²) >= 11 is 3.09. The third kappa shape index (κ3) is 4.52. The molecular weight excluding hydrogens is 418 g/mol. The number of rotatable bonds is 7. The Balaban J connectivity index is 1.34. The lowest BCUT2D eigenvalue weighted by Gasteiger charge is -2.16. The van der Waals surface area contributed by atoms with Crippen molar-refractivity contribution >= 4 is 45.0 Å². The van der Waals surface area contributed by atoms with Crippen LogP contribution >= 0.6 is 23.1 Å². The first-order chi connectivity index (χ1) is 14.5. The first-order valence-corrected chi connectivity index (χ1v) is 12.0. The van der Waals surface area contributed by atoms with Crippen LogP contribution in [0.3, 0.4) is 0 Å². The van der Waals surface area contributed by atoms with Crippen molar-refractivity contribution in [2.75, 3.05) is 24.7 Å². The van der Waals surface area contributed by atoms with Gasteiger partial charge in [0.25, 0.3) is 5.56 Å². The highest BCUT2D eigenvalue weighted by molar-refractivity contribution is 7.99. The molecule has 7 nitrogen and oxygen atoms in total. The van der Waals surface area contributed by atoms with Gasteiger partial charge in [-0.15, -0.1) is 23.1 Å². The number of nitrogens with zero attached hydrogens (tertiary/aromatic N) is 3. The normalized spacial score (nSPS) is 13.3. The number of nitrogens with one attached hydrogen (secondary N) is 2. The molecular formula is C21H25N5O2S2. The predicted molar refractivity (Wildman–Crippen MR) is 123 cm³/mol. The van der Waals surface area contributed by atoms with E-state index in [1.165, 1.54) is 28.6 Å². The molecule has 1 aliphatic carbocycles. The van der Waals surface area contributed by atoms with E-state index in [1.54, 1.807) is 17.5 Å². The second-order valence-corrected chi connectivity index (χ2v) is 9.62. The zero-order valence-electron chi connectivity index (χ0n) is 17.2. The summed E-state index contributed by atoms with van der Waals surface area (Å²) in [6.45, 7) is 0.433. The summed E-state index contributed by atoms with van der Waals surface area (Å²) in [5, 5.41) is 3.71. The van der Waals surface area contributed by atoms with E-state index in [4.69, 9.17) is 0 Å². The van der Waals surface area contributed by atoms with E-state index >= 15 is 0 Å². The minimum absolute atomic E-state index is 0.0488. The summed E-state index contributed by atoms with van der Waals surface area (Å²) < 4.78 is 0. The number of carbonyl (C=O) groups excluding carboxylic acids is 1. The zero-order valence-corrected chi connectivity index (χ0v) is 18.8. The summed E-state index contributed by atoms with van der Waals surface area (Å²) in [6.07, 6.45) is 6.09. The van der Waals surface area contributed by atoms with Crippen LogP contribution in [0.2, 0.25) is 0 Å². The van der Waals surface area contributed by atoms with Crippen molar-refractivity contribution < 1.29 is 4.79 Å². The first kappa shape index (κ1) is 20.9. The van der Waals surface area contributed by atoms with Crippen LogP contribution in [0.5, 0.6) is 0 Å². The van der Waals surface area contributed by atoms with Crippen LogP contribution in [0.25, 0.3) is 10.2 Å². The van der Waals surface area contributed by atoms with Crippen LogP contribution in [-0.4, -0.2) is 40.7 Å². The van der Waals surface area contributed by atoms with Gasteiger partial charge in [-0.3, -0.25) is 9.59 Å². The Morgan fingerprint density at radius 3 is 3.00 bits per heavy atom. The van der Waals surface area contributed by atoms with E-state index < -0.39 is 0 Å². The number of fused-ring (bicyclic) bond motifs is 3. The van der Waals surface area contributed by atoms with Gasteiger partial charge in [0.2, 0.25) is 5.91 Å². The molecule has 9 heteroatoms. The molecule has 3 heterocycles. The van der Waals surface area contributed by atoms with Gasteiger partial charge in [-0.1, -0.05) is 6.07 Å². The Labute approximate surface area is 183 Å². The number of aryl methyl sites for hydroxylation is 2. The largest absolute Gasteiger partial charge is 0.362 e. The van der Waals surface area contributed by atoms with Gasteiger partial charge in [0.05, 0.1) is 16.9 Å². The maximum Gasteiger partial charge on any atom is 0.259 e. The fourth-order valence-corrected chi connectivity index (χ4v) is 5.73. The van der Waals surface area contributed by atoms with Gasteiger partial charge in [-0.25, -0.2) is 9.97 Å². The Morgan fingerprint density at radius 1 is 1.33 bits per heavy atom. The highest BCUT2D eigenvalue weighted by Crippen LogP contribution is 2.33. The molecule has 0 aliphatic heterocycles. The van der Waals surface area contributed by atoms with E-state index in [0.717, 1.165) is 40.9 Å². The molecule has 0 spiro atoms. The lowest BCUT2D eigenvalue weighted by atomic mass is 9.97. The number of hydrogen-bond acceptors (Lipinski definition) is 7. The number of aromatic nitrogens is 3. The number of carbonyl (C=O) groups is 1. The smallest absolute Gasteiger partial charge is 0.259 e. The van der Waals surface area contributed by atoms with Crippen molar-refractivity contribution in [3.63, 3.8) is 0 Å². The number of pyridine rings is 1. The first-order valence-electron chi connectivity index (χ1n) is 10.0. The van der Waals surface area contributed by atoms with E-state index in [9.17, 15) is 9.59 Å². The van der Waals surface area contributed by atoms with Crippen molar-refractivity contribution in [3.8, 4) is 0 Å². The van der Waals surface area contributed by atoms with Crippen LogP contribution in [-0.2, 0) is 29.9 Å². The topological polar surface area (TPSA) is 91.0 Å². The van der Waals surface area contributed by atoms with Crippen molar-refractivity contribution in [3.05, 3.63) is 50.5 Å². The highest BCUT2D eigenvalue weighted by atomic mass is 32.2. The van der Waals surface area contributed by atoms with Gasteiger partial charge in [-0.2, -0.15) is 0 Å². The Bertz CT molecular complexity index is 1120. The molecule has 1 aliphatic rings. The van der Waals surface area contributed by atoms with Crippen molar-refractivity contribution in [2.45, 2.75) is 38.0 Å². The van der Waals surface area contributed by atoms with E-state index in [-0.39, 0.29) is 11.5 Å². The third-order valence-corrected chi connectivity index (χ3v) is 7.24. The maximum atomic E-state index is 12.6. The standard InChI is InChI=1S/C21H25N5O2S2/c1-26(2)19-13(6-5-9-22-19)10-23-17(27)12-29-11-16-24-20(28)18-14-7-3-4-8-15(14)30-21(18)25-16/h5-6,9H,3-4,7-8,10-12H2,1-2H3,(H,23,27)(H,24,25,28). The number of thiophene rings is 1. The van der Waals surface area contributed by atoms with Crippen molar-refractivity contribution in [1.82, 2.24) is 20.3 Å². The van der Waals surface area contributed by atoms with Gasteiger partial charge < -0.3 is 15.2 Å². The molecule has 0 saturated heterocycles. The molecule has 0 atom stereocenters. The Hall–Kier alpha value is -2.39. The quantitative estimate of drug-likeness (QED) is 0.584. The SMILES string of the molecule is CN(C)c1ncccc1CNC(=O)CSCc1nc2sc3c(c2c(=O)[nH]1)CCCC3. The molecule has 0 radical (unpaired) electrons. The number of H-pyrrole nitrogens is 1. The molecule has 0 aromatic carbocycles. The van der Waals surface area contributed by atoms with Crippen molar-refractivity contribution in [1.29, 1.82) is 0 Å². The van der Waals surface area contributed by atoms with E-state index in [2.05, 4.69) is 20.3 Å².